The van der Waals surface area contributed by atoms with Crippen molar-refractivity contribution in [3.05, 3.63) is 53.9 Å². The van der Waals surface area contributed by atoms with Crippen LogP contribution in [0.15, 0.2) is 36.7 Å². The minimum absolute atomic E-state index is 0.640. The number of hydrogen-bond donors (Lipinski definition) is 1. The van der Waals surface area contributed by atoms with Crippen molar-refractivity contribution >= 4 is 11.0 Å². The van der Waals surface area contributed by atoms with E-state index in [4.69, 9.17) is 9.72 Å². The summed E-state index contributed by atoms with van der Waals surface area (Å²) in [6.45, 7) is 3.82. The van der Waals surface area contributed by atoms with Gasteiger partial charge in [0.25, 0.3) is 0 Å². The van der Waals surface area contributed by atoms with Crippen molar-refractivity contribution in [2.45, 2.75) is 32.2 Å². The molecule has 2 aromatic heterocycles. The van der Waals surface area contributed by atoms with Crippen LogP contribution in [0.5, 0.6) is 0 Å². The van der Waals surface area contributed by atoms with E-state index in [0.717, 1.165) is 55.2 Å². The predicted molar refractivity (Wildman–Crippen MR) is 105 cm³/mol. The van der Waals surface area contributed by atoms with E-state index in [-0.39, 0.29) is 0 Å². The first kappa shape index (κ1) is 18.1. The minimum atomic E-state index is 0.640. The van der Waals surface area contributed by atoms with E-state index in [0.29, 0.717) is 12.5 Å². The summed E-state index contributed by atoms with van der Waals surface area (Å²) in [5.74, 6) is 2.59. The minimum Gasteiger partial charge on any atom is -0.384 e. The topological polar surface area (TPSA) is 66.9 Å². The SMILES string of the molecule is COCCc1ncc(CN2CCCC(Cc3nc4ccccc4[nH]3)C2)cn1. The number of nitrogens with zero attached hydrogens (tertiary/aromatic N) is 4. The molecule has 0 bridgehead atoms. The molecule has 1 aliphatic rings. The van der Waals surface area contributed by atoms with Crippen LogP contribution in [0.4, 0.5) is 0 Å². The number of benzene rings is 1. The number of likely N-dealkylation sites (tertiary alicyclic amines) is 1. The molecule has 0 aliphatic carbocycles. The number of para-hydroxylation sites is 2. The molecule has 6 nitrogen and oxygen atoms in total. The van der Waals surface area contributed by atoms with Crippen LogP contribution in [0, 0.1) is 5.92 Å². The zero-order valence-electron chi connectivity index (χ0n) is 15.9. The zero-order valence-corrected chi connectivity index (χ0v) is 15.9. The Morgan fingerprint density at radius 2 is 2.07 bits per heavy atom. The lowest BCUT2D eigenvalue weighted by Crippen LogP contribution is -2.36. The number of methoxy groups -OCH3 is 1. The Bertz CT molecular complexity index is 827. The Labute approximate surface area is 160 Å². The second kappa shape index (κ2) is 8.59. The first-order chi connectivity index (χ1) is 13.3. The molecule has 1 saturated heterocycles. The van der Waals surface area contributed by atoms with Crippen molar-refractivity contribution in [3.8, 4) is 0 Å². The highest BCUT2D eigenvalue weighted by molar-refractivity contribution is 5.74. The van der Waals surface area contributed by atoms with Gasteiger partial charge in [-0.05, 0) is 37.4 Å². The number of aromatic nitrogens is 4. The second-order valence-electron chi connectivity index (χ2n) is 7.40. The fraction of sp³-hybridized carbons (Fsp3) is 0.476. The van der Waals surface area contributed by atoms with Gasteiger partial charge in [-0.15, -0.1) is 0 Å². The van der Waals surface area contributed by atoms with Gasteiger partial charge >= 0.3 is 0 Å². The highest BCUT2D eigenvalue weighted by Crippen LogP contribution is 2.22. The molecule has 1 fully saturated rings. The van der Waals surface area contributed by atoms with Crippen molar-refractivity contribution in [3.63, 3.8) is 0 Å². The predicted octanol–water partition coefficient (Wildman–Crippen LogP) is 3.00. The number of fused-ring (bicyclic) bond motifs is 1. The van der Waals surface area contributed by atoms with Crippen LogP contribution in [-0.2, 0) is 24.1 Å². The van der Waals surface area contributed by atoms with Gasteiger partial charge in [0, 0.05) is 51.0 Å². The summed E-state index contributed by atoms with van der Waals surface area (Å²) in [6, 6.07) is 8.25. The maximum Gasteiger partial charge on any atom is 0.130 e. The Balaban J connectivity index is 1.33. The number of ether oxygens (including phenoxy) is 1. The van der Waals surface area contributed by atoms with Crippen LogP contribution in [0.25, 0.3) is 11.0 Å². The smallest absolute Gasteiger partial charge is 0.130 e. The van der Waals surface area contributed by atoms with Crippen LogP contribution in [0.1, 0.15) is 30.1 Å². The average Bonchev–Trinajstić information content (AvgIpc) is 3.10. The van der Waals surface area contributed by atoms with Gasteiger partial charge in [-0.2, -0.15) is 0 Å². The Kier molecular flexibility index (Phi) is 5.75. The molecule has 1 atom stereocenters. The molecule has 27 heavy (non-hydrogen) atoms. The summed E-state index contributed by atoms with van der Waals surface area (Å²) in [4.78, 5) is 19.7. The van der Waals surface area contributed by atoms with Crippen molar-refractivity contribution in [2.75, 3.05) is 26.8 Å². The summed E-state index contributed by atoms with van der Waals surface area (Å²) >= 11 is 0. The maximum absolute atomic E-state index is 5.08. The number of hydrogen-bond acceptors (Lipinski definition) is 5. The first-order valence-corrected chi connectivity index (χ1v) is 9.75. The fourth-order valence-corrected chi connectivity index (χ4v) is 3.88. The molecule has 0 amide bonds. The third kappa shape index (κ3) is 4.70. The van der Waals surface area contributed by atoms with Crippen molar-refractivity contribution in [1.82, 2.24) is 24.8 Å². The molecular weight excluding hydrogens is 338 g/mol. The number of rotatable bonds is 7. The van der Waals surface area contributed by atoms with E-state index in [9.17, 15) is 0 Å². The molecule has 1 unspecified atom stereocenters. The third-order valence-corrected chi connectivity index (χ3v) is 5.22. The molecular formula is C21H27N5O. The summed E-state index contributed by atoms with van der Waals surface area (Å²) in [5.41, 5.74) is 3.37. The van der Waals surface area contributed by atoms with Crippen molar-refractivity contribution in [1.29, 1.82) is 0 Å². The molecule has 0 radical (unpaired) electrons. The quantitative estimate of drug-likeness (QED) is 0.697. The molecule has 1 N–H and O–H groups in total. The van der Waals surface area contributed by atoms with Gasteiger partial charge in [-0.3, -0.25) is 4.90 Å². The van der Waals surface area contributed by atoms with E-state index in [1.165, 1.54) is 18.4 Å². The average molecular weight is 365 g/mol. The third-order valence-electron chi connectivity index (χ3n) is 5.22. The van der Waals surface area contributed by atoms with Gasteiger partial charge in [0.2, 0.25) is 0 Å². The van der Waals surface area contributed by atoms with Crippen LogP contribution in [-0.4, -0.2) is 51.6 Å². The highest BCUT2D eigenvalue weighted by atomic mass is 16.5. The van der Waals surface area contributed by atoms with Gasteiger partial charge in [0.1, 0.15) is 11.6 Å². The number of aromatic amines is 1. The number of piperidine rings is 1. The maximum atomic E-state index is 5.08. The highest BCUT2D eigenvalue weighted by Gasteiger charge is 2.21. The normalized spacial score (nSPS) is 18.2. The van der Waals surface area contributed by atoms with E-state index in [2.05, 4.69) is 38.1 Å². The molecule has 142 valence electrons. The molecule has 3 aromatic rings. The molecule has 4 rings (SSSR count). The van der Waals surface area contributed by atoms with E-state index in [1.807, 2.05) is 18.5 Å². The van der Waals surface area contributed by atoms with Crippen molar-refractivity contribution < 1.29 is 4.74 Å². The largest absolute Gasteiger partial charge is 0.384 e. The van der Waals surface area contributed by atoms with Crippen LogP contribution < -0.4 is 0 Å². The molecule has 0 spiro atoms. The lowest BCUT2D eigenvalue weighted by atomic mass is 9.94. The number of H-pyrrole nitrogens is 1. The number of nitrogens with one attached hydrogen (secondary N) is 1. The van der Waals surface area contributed by atoms with Crippen molar-refractivity contribution in [2.24, 2.45) is 5.92 Å². The Morgan fingerprint density at radius 3 is 2.89 bits per heavy atom. The Hall–Kier alpha value is -2.31. The molecule has 1 aromatic carbocycles. The van der Waals surface area contributed by atoms with Crippen LogP contribution in [0.2, 0.25) is 0 Å². The van der Waals surface area contributed by atoms with Gasteiger partial charge in [0.05, 0.1) is 17.6 Å². The summed E-state index contributed by atoms with van der Waals surface area (Å²) < 4.78 is 5.08. The van der Waals surface area contributed by atoms with Crippen LogP contribution in [0.3, 0.4) is 0 Å². The molecule has 0 saturated carbocycles. The molecule has 1 aliphatic heterocycles. The van der Waals surface area contributed by atoms with Gasteiger partial charge in [0.15, 0.2) is 0 Å². The van der Waals surface area contributed by atoms with E-state index in [1.54, 1.807) is 7.11 Å². The van der Waals surface area contributed by atoms with Gasteiger partial charge in [-0.1, -0.05) is 12.1 Å². The summed E-state index contributed by atoms with van der Waals surface area (Å²) in [6.07, 6.45) is 8.19. The zero-order chi connectivity index (χ0) is 18.5. The van der Waals surface area contributed by atoms with Crippen LogP contribution >= 0.6 is 0 Å². The number of imidazole rings is 1. The molecule has 6 heteroatoms. The van der Waals surface area contributed by atoms with E-state index >= 15 is 0 Å². The monoisotopic (exact) mass is 365 g/mol. The van der Waals surface area contributed by atoms with Gasteiger partial charge in [-0.25, -0.2) is 15.0 Å². The lowest BCUT2D eigenvalue weighted by molar-refractivity contribution is 0.165. The Morgan fingerprint density at radius 1 is 1.22 bits per heavy atom. The second-order valence-corrected chi connectivity index (χ2v) is 7.40. The summed E-state index contributed by atoms with van der Waals surface area (Å²) in [5, 5.41) is 0. The summed E-state index contributed by atoms with van der Waals surface area (Å²) in [7, 11) is 1.70. The van der Waals surface area contributed by atoms with Gasteiger partial charge < -0.3 is 9.72 Å². The fourth-order valence-electron chi connectivity index (χ4n) is 3.88. The first-order valence-electron chi connectivity index (χ1n) is 9.75. The van der Waals surface area contributed by atoms with E-state index < -0.39 is 0 Å². The standard InChI is InChI=1S/C21H27N5O/c1-27-10-8-20-22-12-17(13-23-20)15-26-9-4-5-16(14-26)11-21-24-18-6-2-3-7-19(18)25-21/h2-3,6-7,12-13,16H,4-5,8-11,14-15H2,1H3,(H,24,25). The lowest BCUT2D eigenvalue weighted by Gasteiger charge is -2.32. The molecule has 3 heterocycles.